The van der Waals surface area contributed by atoms with E-state index in [-0.39, 0.29) is 0 Å². The van der Waals surface area contributed by atoms with Crippen LogP contribution in [0.4, 0.5) is 11.4 Å². The monoisotopic (exact) mass is 291 g/mol. The molecule has 0 unspecified atom stereocenters. The van der Waals surface area contributed by atoms with Gasteiger partial charge in [0.25, 0.3) is 0 Å². The van der Waals surface area contributed by atoms with Gasteiger partial charge in [0.05, 0.1) is 18.0 Å². The van der Waals surface area contributed by atoms with Crippen molar-refractivity contribution in [2.24, 2.45) is 11.7 Å². The van der Waals surface area contributed by atoms with Crippen molar-refractivity contribution in [2.75, 3.05) is 24.2 Å². The van der Waals surface area contributed by atoms with Crippen LogP contribution in [0.1, 0.15) is 45.4 Å². The molecule has 1 aliphatic carbocycles. The summed E-state index contributed by atoms with van der Waals surface area (Å²) in [6.07, 6.45) is 6.93. The molecule has 118 valence electrons. The molecule has 21 heavy (non-hydrogen) atoms. The number of hydrogen-bond acceptors (Lipinski definition) is 4. The van der Waals surface area contributed by atoms with E-state index in [1.807, 2.05) is 18.2 Å². The van der Waals surface area contributed by atoms with Crippen LogP contribution in [0.25, 0.3) is 0 Å². The van der Waals surface area contributed by atoms with Crippen molar-refractivity contribution in [3.8, 4) is 5.75 Å². The Kier molecular flexibility index (Phi) is 6.18. The summed E-state index contributed by atoms with van der Waals surface area (Å²) in [5.74, 6) is 1.57. The van der Waals surface area contributed by atoms with Gasteiger partial charge in [0.1, 0.15) is 5.75 Å². The fourth-order valence-electron chi connectivity index (χ4n) is 2.77. The minimum absolute atomic E-state index is 0.408. The Hall–Kier alpha value is -1.42. The van der Waals surface area contributed by atoms with E-state index < -0.39 is 0 Å². The van der Waals surface area contributed by atoms with Crippen molar-refractivity contribution in [3.05, 3.63) is 18.2 Å². The lowest BCUT2D eigenvalue weighted by atomic mass is 9.86. The first kappa shape index (κ1) is 16.0. The summed E-state index contributed by atoms with van der Waals surface area (Å²) in [5.41, 5.74) is 13.8. The number of rotatable bonds is 7. The van der Waals surface area contributed by atoms with Crippen LogP contribution in [-0.2, 0) is 0 Å². The van der Waals surface area contributed by atoms with Crippen LogP contribution in [-0.4, -0.2) is 19.2 Å². The molecular weight excluding hydrogens is 262 g/mol. The summed E-state index contributed by atoms with van der Waals surface area (Å²) >= 11 is 0. The smallest absolute Gasteiger partial charge is 0.121 e. The Bertz CT molecular complexity index is 428. The average Bonchev–Trinajstić information content (AvgIpc) is 2.48. The van der Waals surface area contributed by atoms with Crippen molar-refractivity contribution in [1.29, 1.82) is 0 Å². The van der Waals surface area contributed by atoms with Gasteiger partial charge in [-0.1, -0.05) is 13.3 Å². The SMILES string of the molecule is CCCCOc1ccc(NCC2CCC(N)CC2)c(N)c1. The predicted octanol–water partition coefficient (Wildman–Crippen LogP) is 3.38. The average molecular weight is 291 g/mol. The third-order valence-corrected chi connectivity index (χ3v) is 4.26. The molecule has 0 spiro atoms. The molecule has 2 rings (SSSR count). The van der Waals surface area contributed by atoms with Crippen LogP contribution in [0.3, 0.4) is 0 Å². The molecule has 4 nitrogen and oxygen atoms in total. The molecule has 4 heteroatoms. The third kappa shape index (κ3) is 5.12. The van der Waals surface area contributed by atoms with Crippen LogP contribution in [0.2, 0.25) is 0 Å². The normalized spacial score (nSPS) is 22.0. The van der Waals surface area contributed by atoms with Crippen LogP contribution >= 0.6 is 0 Å². The summed E-state index contributed by atoms with van der Waals surface area (Å²) in [5, 5.41) is 3.47. The van der Waals surface area contributed by atoms with Gasteiger partial charge in [-0.3, -0.25) is 0 Å². The highest BCUT2D eigenvalue weighted by atomic mass is 16.5. The lowest BCUT2D eigenvalue weighted by Crippen LogP contribution is -2.29. The Morgan fingerprint density at radius 2 is 2.00 bits per heavy atom. The Labute approximate surface area is 128 Å². The number of hydrogen-bond donors (Lipinski definition) is 3. The highest BCUT2D eigenvalue weighted by molar-refractivity contribution is 5.68. The van der Waals surface area contributed by atoms with E-state index in [0.717, 1.165) is 56.0 Å². The van der Waals surface area contributed by atoms with Gasteiger partial charge in [0, 0.05) is 18.7 Å². The maximum atomic E-state index is 6.10. The molecule has 5 N–H and O–H groups in total. The summed E-state index contributed by atoms with van der Waals surface area (Å²) in [6.45, 7) is 3.89. The second-order valence-electron chi connectivity index (χ2n) is 6.11. The van der Waals surface area contributed by atoms with E-state index in [2.05, 4.69) is 12.2 Å². The van der Waals surface area contributed by atoms with Gasteiger partial charge in [-0.05, 0) is 50.2 Å². The molecule has 0 heterocycles. The van der Waals surface area contributed by atoms with Gasteiger partial charge in [-0.15, -0.1) is 0 Å². The van der Waals surface area contributed by atoms with E-state index in [1.54, 1.807) is 0 Å². The third-order valence-electron chi connectivity index (χ3n) is 4.26. The zero-order valence-electron chi connectivity index (χ0n) is 13.1. The second-order valence-corrected chi connectivity index (χ2v) is 6.11. The number of unbranched alkanes of at least 4 members (excludes halogenated alkanes) is 1. The second kappa shape index (κ2) is 8.13. The first-order valence-corrected chi connectivity index (χ1v) is 8.20. The standard InChI is InChI=1S/C17H29N3O/c1-2-3-10-21-15-8-9-17(16(19)11-15)20-12-13-4-6-14(18)7-5-13/h8-9,11,13-14,20H,2-7,10,12,18-19H2,1H3. The number of ether oxygens (including phenoxy) is 1. The largest absolute Gasteiger partial charge is 0.494 e. The molecule has 0 bridgehead atoms. The molecule has 1 fully saturated rings. The fraction of sp³-hybridized carbons (Fsp3) is 0.647. The van der Waals surface area contributed by atoms with Crippen molar-refractivity contribution in [3.63, 3.8) is 0 Å². The van der Waals surface area contributed by atoms with E-state index >= 15 is 0 Å². The zero-order chi connectivity index (χ0) is 15.1. The fourth-order valence-corrected chi connectivity index (χ4v) is 2.77. The number of nitrogens with one attached hydrogen (secondary N) is 1. The molecule has 0 aromatic heterocycles. The van der Waals surface area contributed by atoms with Crippen molar-refractivity contribution in [1.82, 2.24) is 0 Å². The zero-order valence-corrected chi connectivity index (χ0v) is 13.1. The molecule has 0 atom stereocenters. The molecule has 0 amide bonds. The van der Waals surface area contributed by atoms with Crippen molar-refractivity contribution >= 4 is 11.4 Å². The van der Waals surface area contributed by atoms with Crippen LogP contribution < -0.4 is 21.5 Å². The van der Waals surface area contributed by atoms with Gasteiger partial charge in [-0.25, -0.2) is 0 Å². The van der Waals surface area contributed by atoms with Crippen LogP contribution in [0.15, 0.2) is 18.2 Å². The number of nitrogen functional groups attached to an aromatic ring is 1. The van der Waals surface area contributed by atoms with E-state index in [1.165, 1.54) is 12.8 Å². The first-order chi connectivity index (χ1) is 10.2. The highest BCUT2D eigenvalue weighted by Crippen LogP contribution is 2.27. The number of benzene rings is 1. The first-order valence-electron chi connectivity index (χ1n) is 8.20. The Balaban J connectivity index is 1.80. The molecule has 1 aliphatic rings. The van der Waals surface area contributed by atoms with Crippen LogP contribution in [0.5, 0.6) is 5.75 Å². The molecule has 0 aliphatic heterocycles. The summed E-state index contributed by atoms with van der Waals surface area (Å²) in [6, 6.07) is 6.33. The maximum absolute atomic E-state index is 6.10. The van der Waals surface area contributed by atoms with E-state index in [0.29, 0.717) is 12.0 Å². The van der Waals surface area contributed by atoms with E-state index in [9.17, 15) is 0 Å². The topological polar surface area (TPSA) is 73.3 Å². The molecule has 1 saturated carbocycles. The van der Waals surface area contributed by atoms with E-state index in [4.69, 9.17) is 16.2 Å². The van der Waals surface area contributed by atoms with Gasteiger partial charge < -0.3 is 21.5 Å². The maximum Gasteiger partial charge on any atom is 0.121 e. The van der Waals surface area contributed by atoms with Gasteiger partial charge in [0.15, 0.2) is 0 Å². The number of nitrogens with two attached hydrogens (primary N) is 2. The summed E-state index contributed by atoms with van der Waals surface area (Å²) in [4.78, 5) is 0. The molecule has 1 aromatic rings. The summed E-state index contributed by atoms with van der Waals surface area (Å²) in [7, 11) is 0. The van der Waals surface area contributed by atoms with Gasteiger partial charge in [-0.2, -0.15) is 0 Å². The van der Waals surface area contributed by atoms with Crippen molar-refractivity contribution < 1.29 is 4.74 Å². The van der Waals surface area contributed by atoms with Gasteiger partial charge >= 0.3 is 0 Å². The summed E-state index contributed by atoms with van der Waals surface area (Å²) < 4.78 is 5.67. The molecule has 1 aromatic carbocycles. The predicted molar refractivity (Wildman–Crippen MR) is 89.7 cm³/mol. The van der Waals surface area contributed by atoms with Gasteiger partial charge in [0.2, 0.25) is 0 Å². The molecular formula is C17H29N3O. The Morgan fingerprint density at radius 1 is 1.24 bits per heavy atom. The Morgan fingerprint density at radius 3 is 2.67 bits per heavy atom. The minimum atomic E-state index is 0.408. The lowest BCUT2D eigenvalue weighted by Gasteiger charge is -2.26. The molecule has 0 radical (unpaired) electrons. The quantitative estimate of drug-likeness (QED) is 0.532. The molecule has 0 saturated heterocycles. The highest BCUT2D eigenvalue weighted by Gasteiger charge is 2.18. The minimum Gasteiger partial charge on any atom is -0.494 e. The van der Waals surface area contributed by atoms with Crippen molar-refractivity contribution in [2.45, 2.75) is 51.5 Å². The lowest BCUT2D eigenvalue weighted by molar-refractivity contribution is 0.309. The number of anilines is 2. The van der Waals surface area contributed by atoms with Crippen LogP contribution in [0, 0.1) is 5.92 Å².